The van der Waals surface area contributed by atoms with Gasteiger partial charge >= 0.3 is 0 Å². The summed E-state index contributed by atoms with van der Waals surface area (Å²) in [4.78, 5) is 19.2. The molecule has 0 amide bonds. The van der Waals surface area contributed by atoms with Gasteiger partial charge in [-0.25, -0.2) is 23.2 Å². The molecule has 21 heteroatoms. The van der Waals surface area contributed by atoms with E-state index in [1.54, 1.807) is 24.3 Å². The molecule has 0 radical (unpaired) electrons. The summed E-state index contributed by atoms with van der Waals surface area (Å²) in [5.41, 5.74) is 26.1. The van der Waals surface area contributed by atoms with E-state index in [9.17, 15) is 13.2 Å². The second kappa shape index (κ2) is 27.9. The van der Waals surface area contributed by atoms with Crippen molar-refractivity contribution in [2.45, 2.75) is 56.0 Å². The molecule has 5 aliphatic rings. The lowest BCUT2D eigenvalue weighted by molar-refractivity contribution is 0.0673. The van der Waals surface area contributed by atoms with Crippen molar-refractivity contribution in [1.82, 2.24) is 30.2 Å². The van der Waals surface area contributed by atoms with E-state index in [0.29, 0.717) is 136 Å². The van der Waals surface area contributed by atoms with Gasteiger partial charge in [-0.05, 0) is 77.3 Å². The smallest absolute Gasteiger partial charge is 0.198 e. The molecule has 0 spiro atoms. The highest BCUT2D eigenvalue weighted by Gasteiger charge is 2.50. The molecule has 2 aliphatic carbocycles. The molecule has 6 N–H and O–H groups in total. The van der Waals surface area contributed by atoms with Crippen LogP contribution in [0.5, 0.6) is 0 Å². The Labute approximate surface area is 519 Å². The molecule has 3 saturated heterocycles. The minimum absolute atomic E-state index is 0.221. The van der Waals surface area contributed by atoms with Gasteiger partial charge in [0.15, 0.2) is 29.5 Å². The molecule has 464 valence electrons. The van der Waals surface area contributed by atoms with Gasteiger partial charge in [0.25, 0.3) is 0 Å². The zero-order valence-corrected chi connectivity index (χ0v) is 49.9. The summed E-state index contributed by atoms with van der Waals surface area (Å²) in [5, 5.41) is 12.4. The molecule has 14 rings (SSSR count). The molecule has 6 heterocycles. The molecule has 0 bridgehead atoms. The zero-order valence-electron chi connectivity index (χ0n) is 49.9. The zero-order chi connectivity index (χ0) is 61.9. The Bertz CT molecular complexity index is 3940. The second-order valence-electron chi connectivity index (χ2n) is 22.8. The number of nitrogens with zero attached hydrogens (tertiary/aromatic N) is 9. The van der Waals surface area contributed by atoms with Crippen molar-refractivity contribution in [3.63, 3.8) is 0 Å². The van der Waals surface area contributed by atoms with Gasteiger partial charge in [-0.15, -0.1) is 0 Å². The lowest BCUT2D eigenvalue weighted by Gasteiger charge is -2.27. The highest BCUT2D eigenvalue weighted by atomic mass is 19.1. The predicted octanol–water partition coefficient (Wildman–Crippen LogP) is 10.8. The Morgan fingerprint density at radius 2 is 0.900 bits per heavy atom. The van der Waals surface area contributed by atoms with Crippen LogP contribution in [0.3, 0.4) is 0 Å². The van der Waals surface area contributed by atoms with Crippen LogP contribution in [0.4, 0.5) is 19.0 Å². The first-order chi connectivity index (χ1) is 44.0. The number of nitrogens with two attached hydrogens (primary N) is 3. The number of aromatic nitrogens is 3. The minimum Gasteiger partial charge on any atom is -0.378 e. The number of ether oxygens (including phenoxy) is 3. The SMILES string of the molecule is NC(=NCc1cc(C2(c3ccc(-c4ccccc4)c(F)c3)CC2)no1)N1CCOCC1.NC(=NCc1cc(Cc2ccc(-c3ccccc3)c(F)c2)on1)N1CCOCC1.NC(=Nc1cc(C2(c3ccc(-c4ccccc4)c(F)c3)CC2)on1)N1CCOCC1. The molecule has 0 atom stereocenters. The van der Waals surface area contributed by atoms with Crippen LogP contribution in [0.2, 0.25) is 0 Å². The van der Waals surface area contributed by atoms with Crippen LogP contribution < -0.4 is 17.2 Å². The molecule has 18 nitrogen and oxygen atoms in total. The molecular formula is C69H71F3N12O6. The summed E-state index contributed by atoms with van der Waals surface area (Å²) in [6, 6.07) is 50.4. The van der Waals surface area contributed by atoms with Crippen LogP contribution >= 0.6 is 0 Å². The molecule has 5 fully saturated rings. The first kappa shape index (κ1) is 60.7. The molecule has 9 aromatic rings. The van der Waals surface area contributed by atoms with E-state index in [-0.39, 0.29) is 28.3 Å². The summed E-state index contributed by atoms with van der Waals surface area (Å²) in [5.74, 6) is 3.10. The van der Waals surface area contributed by atoms with Gasteiger partial charge in [0, 0.05) is 86.0 Å². The first-order valence-corrected chi connectivity index (χ1v) is 30.3. The number of hydrogen-bond acceptors (Lipinski definition) is 12. The van der Waals surface area contributed by atoms with Crippen LogP contribution in [0.15, 0.2) is 192 Å². The summed E-state index contributed by atoms with van der Waals surface area (Å²) in [6.07, 6.45) is 4.06. The lowest BCUT2D eigenvalue weighted by Crippen LogP contribution is -2.44. The predicted molar refractivity (Wildman–Crippen MR) is 337 cm³/mol. The van der Waals surface area contributed by atoms with Gasteiger partial charge in [-0.1, -0.05) is 143 Å². The van der Waals surface area contributed by atoms with Crippen molar-refractivity contribution in [2.75, 3.05) is 78.9 Å². The maximum Gasteiger partial charge on any atom is 0.198 e. The Hall–Kier alpha value is -9.57. The van der Waals surface area contributed by atoms with Gasteiger partial charge < -0.3 is 59.7 Å². The van der Waals surface area contributed by atoms with Crippen molar-refractivity contribution >= 4 is 23.7 Å². The molecular weight excluding hydrogens is 1150 g/mol. The van der Waals surface area contributed by atoms with E-state index in [2.05, 4.69) is 30.4 Å². The second-order valence-corrected chi connectivity index (χ2v) is 22.8. The van der Waals surface area contributed by atoms with Crippen LogP contribution in [0, 0.1) is 17.5 Å². The molecule has 0 unspecified atom stereocenters. The molecule has 2 saturated carbocycles. The third kappa shape index (κ3) is 14.4. The van der Waals surface area contributed by atoms with Crippen LogP contribution in [-0.2, 0) is 44.6 Å². The maximum atomic E-state index is 14.9. The van der Waals surface area contributed by atoms with E-state index < -0.39 is 0 Å². The standard InChI is InChI=1S/C24H25FN4O2.C23H23FN4O2.C22H23FN4O2/c25-21-14-18(6-7-20(21)17-4-2-1-3-5-17)24(8-9-24)22-15-19(31-28-22)16-27-23(26)29-10-12-30-13-11-29;24-19-14-17(6-7-18(19)16-4-2-1-3-5-16)23(8-9-23)20-15-21(27-30-20)26-22(25)28-10-12-29-13-11-28;23-21-13-16(6-7-20(21)17-4-2-1-3-5-17)12-19-14-18(26-29-19)15-25-22(24)27-8-10-28-11-9-27/h1-7,14-15H,8-13,16H2,(H2,26,27);1-7,14-15H,8-13H2,(H2,25,26,27);1-7,13-14H,8-12,15H2,(H2,24,25). The number of guanidine groups is 3. The number of aliphatic imine (C=N–C) groups is 3. The van der Waals surface area contributed by atoms with E-state index in [1.165, 1.54) is 0 Å². The van der Waals surface area contributed by atoms with Crippen molar-refractivity contribution in [3.8, 4) is 33.4 Å². The number of benzene rings is 6. The highest BCUT2D eigenvalue weighted by Crippen LogP contribution is 2.55. The van der Waals surface area contributed by atoms with Gasteiger partial charge in [0.05, 0.1) is 57.3 Å². The van der Waals surface area contributed by atoms with Crippen molar-refractivity contribution in [1.29, 1.82) is 0 Å². The van der Waals surface area contributed by atoms with Crippen LogP contribution in [0.25, 0.3) is 33.4 Å². The van der Waals surface area contributed by atoms with Gasteiger partial charge in [-0.2, -0.15) is 4.99 Å². The van der Waals surface area contributed by atoms with Crippen molar-refractivity contribution in [2.24, 2.45) is 32.2 Å². The molecule has 3 aliphatic heterocycles. The van der Waals surface area contributed by atoms with Gasteiger partial charge in [0.1, 0.15) is 41.2 Å². The van der Waals surface area contributed by atoms with E-state index in [4.69, 9.17) is 45.0 Å². The quantitative estimate of drug-likeness (QED) is 0.0679. The normalized spacial score (nSPS) is 17.2. The van der Waals surface area contributed by atoms with Crippen LogP contribution in [0.1, 0.15) is 71.0 Å². The lowest BCUT2D eigenvalue weighted by atomic mass is 9.90. The number of halogens is 3. The average Bonchev–Trinajstić information content (AvgIpc) is 1.60. The summed E-state index contributed by atoms with van der Waals surface area (Å²) < 4.78 is 76.8. The monoisotopic (exact) mass is 1220 g/mol. The van der Waals surface area contributed by atoms with Crippen LogP contribution in [-0.4, -0.2) is 127 Å². The summed E-state index contributed by atoms with van der Waals surface area (Å²) in [6.45, 7) is 8.93. The maximum absolute atomic E-state index is 14.9. The minimum atomic E-state index is -0.343. The van der Waals surface area contributed by atoms with Crippen molar-refractivity contribution in [3.05, 3.63) is 227 Å². The molecule has 6 aromatic carbocycles. The Morgan fingerprint density at radius 1 is 0.444 bits per heavy atom. The first-order valence-electron chi connectivity index (χ1n) is 30.3. The molecule has 3 aromatic heterocycles. The Kier molecular flexibility index (Phi) is 18.8. The largest absolute Gasteiger partial charge is 0.378 e. The Morgan fingerprint density at radius 3 is 1.39 bits per heavy atom. The van der Waals surface area contributed by atoms with E-state index in [1.807, 2.05) is 154 Å². The fraction of sp³-hybridized carbons (Fsp3) is 0.304. The fourth-order valence-electron chi connectivity index (χ4n) is 11.4. The number of hydrogen-bond donors (Lipinski definition) is 3. The number of rotatable bonds is 14. The fourth-order valence-corrected chi connectivity index (χ4v) is 11.4. The highest BCUT2D eigenvalue weighted by molar-refractivity contribution is 5.81. The van der Waals surface area contributed by atoms with E-state index in [0.717, 1.165) is 90.9 Å². The van der Waals surface area contributed by atoms with E-state index >= 15 is 0 Å². The average molecular weight is 1220 g/mol. The number of morpholine rings is 3. The van der Waals surface area contributed by atoms with Gasteiger partial charge in [0.2, 0.25) is 0 Å². The third-order valence-corrected chi connectivity index (χ3v) is 16.9. The third-order valence-electron chi connectivity index (χ3n) is 16.9. The van der Waals surface area contributed by atoms with Crippen molar-refractivity contribution < 1.29 is 41.0 Å². The Balaban J connectivity index is 0.000000131. The summed E-state index contributed by atoms with van der Waals surface area (Å²) in [7, 11) is 0. The summed E-state index contributed by atoms with van der Waals surface area (Å²) >= 11 is 0. The van der Waals surface area contributed by atoms with Gasteiger partial charge in [-0.3, -0.25) is 0 Å². The molecule has 90 heavy (non-hydrogen) atoms. The topological polar surface area (TPSA) is 231 Å².